The SMILES string of the molecule is CCOc1ccc(C(=O)Nc2ccc(F)cc2F)cc1[N+](=O)[O-]. The van der Waals surface area contributed by atoms with E-state index < -0.39 is 22.5 Å². The van der Waals surface area contributed by atoms with Gasteiger partial charge in [-0.3, -0.25) is 14.9 Å². The number of nitro groups is 1. The molecule has 120 valence electrons. The second-order valence-corrected chi connectivity index (χ2v) is 4.45. The minimum absolute atomic E-state index is 0.0296. The molecular formula is C15H12F2N2O4. The molecular weight excluding hydrogens is 310 g/mol. The molecule has 0 saturated carbocycles. The lowest BCUT2D eigenvalue weighted by Crippen LogP contribution is -2.13. The Labute approximate surface area is 129 Å². The van der Waals surface area contributed by atoms with Crippen molar-refractivity contribution in [1.29, 1.82) is 0 Å². The van der Waals surface area contributed by atoms with E-state index in [1.165, 1.54) is 12.1 Å². The summed E-state index contributed by atoms with van der Waals surface area (Å²) in [4.78, 5) is 22.4. The van der Waals surface area contributed by atoms with Gasteiger partial charge in [0.25, 0.3) is 5.91 Å². The molecule has 1 amide bonds. The third-order valence-electron chi connectivity index (χ3n) is 2.90. The lowest BCUT2D eigenvalue weighted by atomic mass is 10.1. The maximum absolute atomic E-state index is 13.5. The lowest BCUT2D eigenvalue weighted by molar-refractivity contribution is -0.385. The zero-order valence-electron chi connectivity index (χ0n) is 12.0. The number of halogens is 2. The zero-order valence-corrected chi connectivity index (χ0v) is 12.0. The maximum atomic E-state index is 13.5. The van der Waals surface area contributed by atoms with Gasteiger partial charge in [-0.15, -0.1) is 0 Å². The van der Waals surface area contributed by atoms with Crippen molar-refractivity contribution in [2.24, 2.45) is 0 Å². The van der Waals surface area contributed by atoms with E-state index in [9.17, 15) is 23.7 Å². The first-order valence-corrected chi connectivity index (χ1v) is 6.60. The molecule has 0 aromatic heterocycles. The summed E-state index contributed by atoms with van der Waals surface area (Å²) in [7, 11) is 0. The Morgan fingerprint density at radius 3 is 2.61 bits per heavy atom. The number of nitrogens with one attached hydrogen (secondary N) is 1. The van der Waals surface area contributed by atoms with E-state index in [-0.39, 0.29) is 29.3 Å². The molecule has 1 N–H and O–H groups in total. The van der Waals surface area contributed by atoms with Crippen molar-refractivity contribution in [3.05, 3.63) is 63.7 Å². The first-order valence-electron chi connectivity index (χ1n) is 6.60. The molecule has 0 radical (unpaired) electrons. The molecule has 23 heavy (non-hydrogen) atoms. The van der Waals surface area contributed by atoms with Crippen LogP contribution in [0.3, 0.4) is 0 Å². The number of nitro benzene ring substituents is 1. The van der Waals surface area contributed by atoms with Crippen LogP contribution in [0.4, 0.5) is 20.2 Å². The summed E-state index contributed by atoms with van der Waals surface area (Å²) < 4.78 is 31.4. The van der Waals surface area contributed by atoms with Gasteiger partial charge < -0.3 is 10.1 Å². The van der Waals surface area contributed by atoms with Crippen LogP contribution in [0.5, 0.6) is 5.75 Å². The molecule has 0 aliphatic heterocycles. The molecule has 0 heterocycles. The van der Waals surface area contributed by atoms with Crippen molar-refractivity contribution >= 4 is 17.3 Å². The Morgan fingerprint density at radius 2 is 2.00 bits per heavy atom. The predicted octanol–water partition coefficient (Wildman–Crippen LogP) is 3.52. The summed E-state index contributed by atoms with van der Waals surface area (Å²) in [5, 5.41) is 13.2. The Hall–Kier alpha value is -3.03. The fraction of sp³-hybridized carbons (Fsp3) is 0.133. The largest absolute Gasteiger partial charge is 0.487 e. The van der Waals surface area contributed by atoms with E-state index in [0.717, 1.165) is 18.2 Å². The molecule has 2 aromatic rings. The minimum atomic E-state index is -0.946. The van der Waals surface area contributed by atoms with Crippen molar-refractivity contribution in [2.75, 3.05) is 11.9 Å². The van der Waals surface area contributed by atoms with Crippen LogP contribution in [0.2, 0.25) is 0 Å². The summed E-state index contributed by atoms with van der Waals surface area (Å²) in [5.74, 6) is -2.46. The predicted molar refractivity (Wildman–Crippen MR) is 78.6 cm³/mol. The second kappa shape index (κ2) is 6.82. The number of benzene rings is 2. The number of nitrogens with zero attached hydrogens (tertiary/aromatic N) is 1. The fourth-order valence-corrected chi connectivity index (χ4v) is 1.86. The zero-order chi connectivity index (χ0) is 17.0. The standard InChI is InChI=1S/C15H12F2N2O4/c1-2-23-14-6-3-9(7-13(14)19(21)22)15(20)18-12-5-4-10(16)8-11(12)17/h3-8H,2H2,1H3,(H,18,20). The Kier molecular flexibility index (Phi) is 4.85. The van der Waals surface area contributed by atoms with Crippen LogP contribution in [0, 0.1) is 21.7 Å². The summed E-state index contributed by atoms with van der Waals surface area (Å²) in [6.45, 7) is 1.90. The average molecular weight is 322 g/mol. The van der Waals surface area contributed by atoms with Gasteiger partial charge in [-0.05, 0) is 31.2 Å². The number of carbonyl (C=O) groups is 1. The van der Waals surface area contributed by atoms with E-state index in [2.05, 4.69) is 5.32 Å². The molecule has 2 rings (SSSR count). The Balaban J connectivity index is 2.28. The van der Waals surface area contributed by atoms with Gasteiger partial charge in [0.2, 0.25) is 0 Å². The van der Waals surface area contributed by atoms with Gasteiger partial charge in [-0.25, -0.2) is 8.78 Å². The number of hydrogen-bond acceptors (Lipinski definition) is 4. The number of hydrogen-bond donors (Lipinski definition) is 1. The normalized spacial score (nSPS) is 10.2. The monoisotopic (exact) mass is 322 g/mol. The van der Waals surface area contributed by atoms with Gasteiger partial charge in [0.05, 0.1) is 17.2 Å². The summed E-state index contributed by atoms with van der Waals surface area (Å²) in [6.07, 6.45) is 0. The van der Waals surface area contributed by atoms with E-state index in [4.69, 9.17) is 4.74 Å². The summed E-state index contributed by atoms with van der Waals surface area (Å²) in [6, 6.07) is 6.30. The van der Waals surface area contributed by atoms with Crippen molar-refractivity contribution in [1.82, 2.24) is 0 Å². The van der Waals surface area contributed by atoms with Gasteiger partial charge in [-0.1, -0.05) is 0 Å². The highest BCUT2D eigenvalue weighted by Crippen LogP contribution is 2.28. The molecule has 8 heteroatoms. The molecule has 0 bridgehead atoms. The highest BCUT2D eigenvalue weighted by molar-refractivity contribution is 6.04. The molecule has 0 aliphatic carbocycles. The van der Waals surface area contributed by atoms with Gasteiger partial charge in [0.15, 0.2) is 5.75 Å². The lowest BCUT2D eigenvalue weighted by Gasteiger charge is -2.08. The summed E-state index contributed by atoms with van der Waals surface area (Å²) >= 11 is 0. The molecule has 0 aliphatic rings. The molecule has 0 saturated heterocycles. The Bertz CT molecular complexity index is 765. The van der Waals surface area contributed by atoms with Crippen LogP contribution in [-0.2, 0) is 0 Å². The quantitative estimate of drug-likeness (QED) is 0.674. The van der Waals surface area contributed by atoms with Gasteiger partial charge in [0, 0.05) is 17.7 Å². The fourth-order valence-electron chi connectivity index (χ4n) is 1.86. The molecule has 0 unspecified atom stereocenters. The van der Waals surface area contributed by atoms with Crippen molar-refractivity contribution in [3.8, 4) is 5.75 Å². The van der Waals surface area contributed by atoms with Crippen LogP contribution in [0.15, 0.2) is 36.4 Å². The molecule has 6 nitrogen and oxygen atoms in total. The van der Waals surface area contributed by atoms with Crippen LogP contribution in [0.1, 0.15) is 17.3 Å². The molecule has 2 aromatic carbocycles. The molecule has 0 fully saturated rings. The smallest absolute Gasteiger partial charge is 0.311 e. The van der Waals surface area contributed by atoms with E-state index in [0.29, 0.717) is 6.07 Å². The van der Waals surface area contributed by atoms with Crippen LogP contribution in [0.25, 0.3) is 0 Å². The van der Waals surface area contributed by atoms with Crippen molar-refractivity contribution in [3.63, 3.8) is 0 Å². The van der Waals surface area contributed by atoms with Gasteiger partial charge in [-0.2, -0.15) is 0 Å². The third kappa shape index (κ3) is 3.79. The number of ether oxygens (including phenoxy) is 1. The number of anilines is 1. The molecule has 0 atom stereocenters. The molecule has 0 spiro atoms. The highest BCUT2D eigenvalue weighted by atomic mass is 19.1. The van der Waals surface area contributed by atoms with E-state index in [1.807, 2.05) is 0 Å². The van der Waals surface area contributed by atoms with Crippen molar-refractivity contribution < 1.29 is 23.2 Å². The van der Waals surface area contributed by atoms with Gasteiger partial charge in [0.1, 0.15) is 11.6 Å². The topological polar surface area (TPSA) is 81.5 Å². The first kappa shape index (κ1) is 16.3. The van der Waals surface area contributed by atoms with Crippen LogP contribution in [-0.4, -0.2) is 17.4 Å². The second-order valence-electron chi connectivity index (χ2n) is 4.45. The van der Waals surface area contributed by atoms with Crippen LogP contribution < -0.4 is 10.1 Å². The van der Waals surface area contributed by atoms with Crippen molar-refractivity contribution in [2.45, 2.75) is 6.92 Å². The number of rotatable bonds is 5. The van der Waals surface area contributed by atoms with Gasteiger partial charge >= 0.3 is 5.69 Å². The minimum Gasteiger partial charge on any atom is -0.487 e. The first-order chi connectivity index (χ1) is 10.9. The number of carbonyl (C=O) groups excluding carboxylic acids is 1. The third-order valence-corrected chi connectivity index (χ3v) is 2.90. The average Bonchev–Trinajstić information content (AvgIpc) is 2.50. The highest BCUT2D eigenvalue weighted by Gasteiger charge is 2.19. The maximum Gasteiger partial charge on any atom is 0.311 e. The summed E-state index contributed by atoms with van der Waals surface area (Å²) in [5.41, 5.74) is -0.657. The van der Waals surface area contributed by atoms with Crippen LogP contribution >= 0.6 is 0 Å². The Morgan fingerprint density at radius 1 is 1.26 bits per heavy atom. The number of amides is 1. The van der Waals surface area contributed by atoms with E-state index >= 15 is 0 Å². The van der Waals surface area contributed by atoms with E-state index in [1.54, 1.807) is 6.92 Å².